The molecule has 2 fully saturated rings. The minimum atomic E-state index is -0.262. The molecule has 8 heteroatoms. The predicted molar refractivity (Wildman–Crippen MR) is 83.3 cm³/mol. The highest BCUT2D eigenvalue weighted by atomic mass is 16.2. The number of nitrogens with one attached hydrogen (secondary N) is 1. The van der Waals surface area contributed by atoms with Gasteiger partial charge in [0.2, 0.25) is 11.8 Å². The van der Waals surface area contributed by atoms with Crippen molar-refractivity contribution in [1.29, 1.82) is 0 Å². The van der Waals surface area contributed by atoms with Crippen LogP contribution in [0, 0.1) is 0 Å². The van der Waals surface area contributed by atoms with Gasteiger partial charge in [-0.3, -0.25) is 19.6 Å². The molecule has 3 heterocycles. The number of piperazine rings is 1. The van der Waals surface area contributed by atoms with E-state index in [9.17, 15) is 9.59 Å². The van der Waals surface area contributed by atoms with Gasteiger partial charge in [-0.2, -0.15) is 5.10 Å². The summed E-state index contributed by atoms with van der Waals surface area (Å²) in [7, 11) is 0. The second-order valence-corrected chi connectivity index (χ2v) is 6.26. The summed E-state index contributed by atoms with van der Waals surface area (Å²) in [5.41, 5.74) is 0. The molecule has 2 aliphatic rings. The lowest BCUT2D eigenvalue weighted by Crippen LogP contribution is -2.56. The minimum absolute atomic E-state index is 0.00649. The highest BCUT2D eigenvalue weighted by Crippen LogP contribution is 2.20. The Morgan fingerprint density at radius 2 is 2.00 bits per heavy atom. The molecular formula is C15H24N6O2. The fourth-order valence-electron chi connectivity index (χ4n) is 3.42. The average Bonchev–Trinajstić information content (AvgIpc) is 3.08. The predicted octanol–water partition coefficient (Wildman–Crippen LogP) is -0.150. The quantitative estimate of drug-likeness (QED) is 0.837. The molecule has 0 spiro atoms. The largest absolute Gasteiger partial charge is 0.338 e. The SMILES string of the molecule is CC(=O)N1CCCC[C@@H]1C(=O)N1CCN(Cc2ncn[nH]2)CC1. The maximum absolute atomic E-state index is 12.8. The van der Waals surface area contributed by atoms with Crippen molar-refractivity contribution in [2.24, 2.45) is 0 Å². The first-order valence-electron chi connectivity index (χ1n) is 8.28. The van der Waals surface area contributed by atoms with E-state index in [4.69, 9.17) is 0 Å². The highest BCUT2D eigenvalue weighted by Gasteiger charge is 2.34. The van der Waals surface area contributed by atoms with E-state index in [1.807, 2.05) is 4.90 Å². The Hall–Kier alpha value is -1.96. The summed E-state index contributed by atoms with van der Waals surface area (Å²) in [4.78, 5) is 34.6. The van der Waals surface area contributed by atoms with Gasteiger partial charge >= 0.3 is 0 Å². The summed E-state index contributed by atoms with van der Waals surface area (Å²) in [6, 6.07) is -0.262. The average molecular weight is 320 g/mol. The number of likely N-dealkylation sites (tertiary alicyclic amines) is 1. The summed E-state index contributed by atoms with van der Waals surface area (Å²) >= 11 is 0. The molecule has 0 bridgehead atoms. The van der Waals surface area contributed by atoms with Crippen LogP contribution >= 0.6 is 0 Å². The molecule has 1 N–H and O–H groups in total. The van der Waals surface area contributed by atoms with E-state index in [0.29, 0.717) is 19.6 Å². The zero-order chi connectivity index (χ0) is 16.2. The van der Waals surface area contributed by atoms with Gasteiger partial charge in [-0.05, 0) is 19.3 Å². The number of carbonyl (C=O) groups is 2. The molecule has 3 rings (SSSR count). The maximum Gasteiger partial charge on any atom is 0.245 e. The Bertz CT molecular complexity index is 538. The normalized spacial score (nSPS) is 23.1. The summed E-state index contributed by atoms with van der Waals surface area (Å²) in [5.74, 6) is 0.964. The van der Waals surface area contributed by atoms with E-state index in [1.54, 1.807) is 11.8 Å². The molecule has 126 valence electrons. The van der Waals surface area contributed by atoms with Crippen LogP contribution in [0.4, 0.5) is 0 Å². The second kappa shape index (κ2) is 7.08. The number of H-pyrrole nitrogens is 1. The van der Waals surface area contributed by atoms with Crippen molar-refractivity contribution in [3.8, 4) is 0 Å². The van der Waals surface area contributed by atoms with Gasteiger partial charge in [0.1, 0.15) is 18.2 Å². The third kappa shape index (κ3) is 3.69. The molecule has 0 radical (unpaired) electrons. The molecule has 0 aliphatic carbocycles. The smallest absolute Gasteiger partial charge is 0.245 e. The van der Waals surface area contributed by atoms with Crippen molar-refractivity contribution >= 4 is 11.8 Å². The first-order valence-corrected chi connectivity index (χ1v) is 8.28. The summed E-state index contributed by atoms with van der Waals surface area (Å²) in [6.45, 7) is 6.03. The topological polar surface area (TPSA) is 85.4 Å². The molecule has 2 amide bonds. The molecule has 8 nitrogen and oxygen atoms in total. The van der Waals surface area contributed by atoms with Crippen molar-refractivity contribution in [3.05, 3.63) is 12.2 Å². The van der Waals surface area contributed by atoms with Crippen LogP contribution in [0.3, 0.4) is 0 Å². The van der Waals surface area contributed by atoms with Gasteiger partial charge in [0.15, 0.2) is 0 Å². The number of piperidine rings is 1. The first kappa shape index (κ1) is 15.9. The molecule has 1 aromatic rings. The standard InChI is InChI=1S/C15H24N6O2/c1-12(22)21-5-3-2-4-13(21)15(23)20-8-6-19(7-9-20)10-14-16-11-17-18-14/h11,13H,2-10H2,1H3,(H,16,17,18)/t13-/m1/s1. The Morgan fingerprint density at radius 3 is 2.65 bits per heavy atom. The number of amides is 2. The monoisotopic (exact) mass is 320 g/mol. The lowest BCUT2D eigenvalue weighted by Gasteiger charge is -2.40. The molecule has 2 saturated heterocycles. The van der Waals surface area contributed by atoms with Gasteiger partial charge in [0.25, 0.3) is 0 Å². The van der Waals surface area contributed by atoms with E-state index in [1.165, 1.54) is 6.33 Å². The Balaban J connectivity index is 1.54. The summed E-state index contributed by atoms with van der Waals surface area (Å²) in [5, 5.41) is 6.71. The molecule has 1 aromatic heterocycles. The maximum atomic E-state index is 12.8. The number of nitrogens with zero attached hydrogens (tertiary/aromatic N) is 5. The van der Waals surface area contributed by atoms with E-state index in [2.05, 4.69) is 20.1 Å². The van der Waals surface area contributed by atoms with Gasteiger partial charge in [-0.1, -0.05) is 0 Å². The third-order valence-corrected chi connectivity index (χ3v) is 4.71. The molecule has 2 aliphatic heterocycles. The van der Waals surface area contributed by atoms with Crippen LogP contribution < -0.4 is 0 Å². The fourth-order valence-corrected chi connectivity index (χ4v) is 3.42. The zero-order valence-electron chi connectivity index (χ0n) is 13.6. The van der Waals surface area contributed by atoms with E-state index in [-0.39, 0.29) is 17.9 Å². The second-order valence-electron chi connectivity index (χ2n) is 6.26. The van der Waals surface area contributed by atoms with Crippen LogP contribution in [0.2, 0.25) is 0 Å². The molecule has 1 atom stereocenters. The molecule has 0 saturated carbocycles. The number of aromatic nitrogens is 3. The van der Waals surface area contributed by atoms with Gasteiger partial charge in [0, 0.05) is 39.6 Å². The van der Waals surface area contributed by atoms with Crippen LogP contribution in [0.1, 0.15) is 32.0 Å². The van der Waals surface area contributed by atoms with E-state index < -0.39 is 0 Å². The van der Waals surface area contributed by atoms with Crippen molar-refractivity contribution < 1.29 is 9.59 Å². The fraction of sp³-hybridized carbons (Fsp3) is 0.733. The van der Waals surface area contributed by atoms with Crippen molar-refractivity contribution in [2.75, 3.05) is 32.7 Å². The number of rotatable bonds is 3. The number of hydrogen-bond donors (Lipinski definition) is 1. The third-order valence-electron chi connectivity index (χ3n) is 4.71. The first-order chi connectivity index (χ1) is 11.1. The number of aromatic amines is 1. The van der Waals surface area contributed by atoms with E-state index in [0.717, 1.165) is 44.7 Å². The minimum Gasteiger partial charge on any atom is -0.338 e. The van der Waals surface area contributed by atoms with Crippen molar-refractivity contribution in [3.63, 3.8) is 0 Å². The van der Waals surface area contributed by atoms with Crippen LogP contribution in [0.25, 0.3) is 0 Å². The number of hydrogen-bond acceptors (Lipinski definition) is 5. The van der Waals surface area contributed by atoms with E-state index >= 15 is 0 Å². The molecule has 0 aromatic carbocycles. The van der Waals surface area contributed by atoms with Crippen molar-refractivity contribution in [2.45, 2.75) is 38.8 Å². The summed E-state index contributed by atoms with van der Waals surface area (Å²) < 4.78 is 0. The van der Waals surface area contributed by atoms with Gasteiger partial charge in [0.05, 0.1) is 6.54 Å². The van der Waals surface area contributed by atoms with Crippen LogP contribution in [-0.4, -0.2) is 80.5 Å². The van der Waals surface area contributed by atoms with Gasteiger partial charge < -0.3 is 9.80 Å². The van der Waals surface area contributed by atoms with Crippen LogP contribution in [0.15, 0.2) is 6.33 Å². The molecule has 23 heavy (non-hydrogen) atoms. The molecule has 0 unspecified atom stereocenters. The Morgan fingerprint density at radius 1 is 1.22 bits per heavy atom. The van der Waals surface area contributed by atoms with Crippen molar-refractivity contribution in [1.82, 2.24) is 29.9 Å². The van der Waals surface area contributed by atoms with Gasteiger partial charge in [-0.25, -0.2) is 4.98 Å². The summed E-state index contributed by atoms with van der Waals surface area (Å²) in [6.07, 6.45) is 4.31. The lowest BCUT2D eigenvalue weighted by molar-refractivity contribution is -0.147. The number of carbonyl (C=O) groups excluding carboxylic acids is 2. The lowest BCUT2D eigenvalue weighted by atomic mass is 10.0. The Labute approximate surface area is 135 Å². The highest BCUT2D eigenvalue weighted by molar-refractivity contribution is 5.87. The van der Waals surface area contributed by atoms with Gasteiger partial charge in [-0.15, -0.1) is 0 Å². The van der Waals surface area contributed by atoms with Crippen LogP contribution in [0.5, 0.6) is 0 Å². The molecular weight excluding hydrogens is 296 g/mol. The Kier molecular flexibility index (Phi) is 4.90. The van der Waals surface area contributed by atoms with Crippen LogP contribution in [-0.2, 0) is 16.1 Å². The zero-order valence-corrected chi connectivity index (χ0v) is 13.6.